The van der Waals surface area contributed by atoms with Gasteiger partial charge < -0.3 is 15.0 Å². The minimum Gasteiger partial charge on any atom is -0.339 e. The first-order valence-electron chi connectivity index (χ1n) is 8.24. The normalized spacial score (nSPS) is 17.8. The molecule has 0 bridgehead atoms. The highest BCUT2D eigenvalue weighted by molar-refractivity contribution is 5.82. The van der Waals surface area contributed by atoms with Crippen molar-refractivity contribution in [3.05, 3.63) is 36.3 Å². The summed E-state index contributed by atoms with van der Waals surface area (Å²) in [5.74, 6) is 0.255. The van der Waals surface area contributed by atoms with E-state index in [0.717, 1.165) is 44.1 Å². The fourth-order valence-corrected chi connectivity index (χ4v) is 2.91. The molecule has 1 aliphatic heterocycles. The Morgan fingerprint density at radius 2 is 2.00 bits per heavy atom. The summed E-state index contributed by atoms with van der Waals surface area (Å²) < 4.78 is 2.04. The number of rotatable bonds is 4. The molecule has 6 nitrogen and oxygen atoms in total. The van der Waals surface area contributed by atoms with Gasteiger partial charge >= 0.3 is 0 Å². The first-order chi connectivity index (χ1) is 11.0. The molecule has 2 aromatic heterocycles. The topological polar surface area (TPSA) is 66.9 Å². The van der Waals surface area contributed by atoms with Gasteiger partial charge in [-0.1, -0.05) is 19.9 Å². The van der Waals surface area contributed by atoms with Crippen LogP contribution in [0, 0.1) is 5.92 Å². The predicted molar refractivity (Wildman–Crippen MR) is 89.9 cm³/mol. The maximum Gasteiger partial charge on any atom is 0.239 e. The zero-order chi connectivity index (χ0) is 16.4. The lowest BCUT2D eigenvalue weighted by molar-refractivity contribution is -0.135. The molecule has 1 saturated heterocycles. The third-order valence-corrected chi connectivity index (χ3v) is 4.49. The molecule has 3 rings (SSSR count). The average molecular weight is 315 g/mol. The molecule has 0 spiro atoms. The van der Waals surface area contributed by atoms with E-state index in [9.17, 15) is 4.79 Å². The Morgan fingerprint density at radius 3 is 2.65 bits per heavy atom. The van der Waals surface area contributed by atoms with Gasteiger partial charge in [0.25, 0.3) is 0 Å². The molecule has 3 heterocycles. The van der Waals surface area contributed by atoms with Gasteiger partial charge in [-0.2, -0.15) is 0 Å². The zero-order valence-corrected chi connectivity index (χ0v) is 13.9. The number of nitrogens with zero attached hydrogens (tertiary/aromatic N) is 4. The van der Waals surface area contributed by atoms with Crippen molar-refractivity contribution in [3.8, 4) is 0 Å². The van der Waals surface area contributed by atoms with Crippen LogP contribution in [0.15, 0.2) is 30.6 Å². The van der Waals surface area contributed by atoms with Gasteiger partial charge in [-0.15, -0.1) is 0 Å². The first kappa shape index (κ1) is 16.0. The standard InChI is InChI=1S/C17H25N5O/c1-13(2)16(18)17(23)21-9-7-20(8-10-21)11-14-12-22-6-4-3-5-15(22)19-14/h3-6,12-13,16H,7-11,18H2,1-2H3/t16-/m0/s1. The molecule has 0 aliphatic carbocycles. The van der Waals surface area contributed by atoms with Gasteiger partial charge in [-0.05, 0) is 18.1 Å². The molecule has 0 radical (unpaired) electrons. The van der Waals surface area contributed by atoms with E-state index in [2.05, 4.69) is 16.1 Å². The lowest BCUT2D eigenvalue weighted by atomic mass is 10.0. The SMILES string of the molecule is CC(C)[C@H](N)C(=O)N1CCN(Cc2cn3ccccc3n2)CC1. The van der Waals surface area contributed by atoms with Gasteiger partial charge in [-0.25, -0.2) is 4.98 Å². The zero-order valence-electron chi connectivity index (χ0n) is 13.9. The van der Waals surface area contributed by atoms with Crippen LogP contribution in [0.3, 0.4) is 0 Å². The second-order valence-corrected chi connectivity index (χ2v) is 6.57. The minimum atomic E-state index is -0.389. The van der Waals surface area contributed by atoms with Crippen molar-refractivity contribution in [1.82, 2.24) is 19.2 Å². The number of imidazole rings is 1. The Labute approximate surface area is 136 Å². The molecule has 0 aromatic carbocycles. The summed E-state index contributed by atoms with van der Waals surface area (Å²) >= 11 is 0. The maximum atomic E-state index is 12.3. The van der Waals surface area contributed by atoms with E-state index in [1.54, 1.807) is 0 Å². The van der Waals surface area contributed by atoms with Crippen molar-refractivity contribution in [2.24, 2.45) is 11.7 Å². The largest absolute Gasteiger partial charge is 0.339 e. The number of hydrogen-bond acceptors (Lipinski definition) is 4. The van der Waals surface area contributed by atoms with E-state index in [4.69, 9.17) is 5.73 Å². The van der Waals surface area contributed by atoms with Crippen molar-refractivity contribution in [2.75, 3.05) is 26.2 Å². The second kappa shape index (κ2) is 6.68. The summed E-state index contributed by atoms with van der Waals surface area (Å²) in [5, 5.41) is 0. The fourth-order valence-electron chi connectivity index (χ4n) is 2.91. The monoisotopic (exact) mass is 315 g/mol. The highest BCUT2D eigenvalue weighted by Gasteiger charge is 2.27. The summed E-state index contributed by atoms with van der Waals surface area (Å²) in [6.45, 7) is 8.01. The maximum absolute atomic E-state index is 12.3. The lowest BCUT2D eigenvalue weighted by Crippen LogP contribution is -2.54. The molecule has 1 aliphatic rings. The van der Waals surface area contributed by atoms with E-state index in [1.807, 2.05) is 47.5 Å². The Hall–Kier alpha value is -1.92. The number of amides is 1. The van der Waals surface area contributed by atoms with Gasteiger partial charge in [0.15, 0.2) is 0 Å². The molecular formula is C17H25N5O. The van der Waals surface area contributed by atoms with Gasteiger partial charge in [0.2, 0.25) is 5.91 Å². The highest BCUT2D eigenvalue weighted by atomic mass is 16.2. The molecule has 2 N–H and O–H groups in total. The number of nitrogens with two attached hydrogens (primary N) is 1. The summed E-state index contributed by atoms with van der Waals surface area (Å²) in [4.78, 5) is 21.2. The van der Waals surface area contributed by atoms with E-state index in [-0.39, 0.29) is 17.9 Å². The number of carbonyl (C=O) groups is 1. The van der Waals surface area contributed by atoms with Crippen molar-refractivity contribution in [3.63, 3.8) is 0 Å². The molecule has 6 heteroatoms. The Kier molecular flexibility index (Phi) is 4.63. The van der Waals surface area contributed by atoms with E-state index < -0.39 is 0 Å². The van der Waals surface area contributed by atoms with Crippen molar-refractivity contribution >= 4 is 11.6 Å². The first-order valence-corrected chi connectivity index (χ1v) is 8.24. The molecule has 2 aromatic rings. The van der Waals surface area contributed by atoms with Crippen LogP contribution in [-0.4, -0.2) is 57.3 Å². The number of fused-ring (bicyclic) bond motifs is 1. The van der Waals surface area contributed by atoms with Gasteiger partial charge in [0.1, 0.15) is 5.65 Å². The van der Waals surface area contributed by atoms with Crippen LogP contribution >= 0.6 is 0 Å². The molecule has 23 heavy (non-hydrogen) atoms. The summed E-state index contributed by atoms with van der Waals surface area (Å²) in [5.41, 5.74) is 8.01. The van der Waals surface area contributed by atoms with Crippen molar-refractivity contribution in [1.29, 1.82) is 0 Å². The summed E-state index contributed by atoms with van der Waals surface area (Å²) in [6.07, 6.45) is 4.08. The van der Waals surface area contributed by atoms with Crippen molar-refractivity contribution < 1.29 is 4.79 Å². The van der Waals surface area contributed by atoms with Crippen LogP contribution in [0.4, 0.5) is 0 Å². The van der Waals surface area contributed by atoms with E-state index in [0.29, 0.717) is 0 Å². The molecule has 1 amide bonds. The molecule has 0 saturated carbocycles. The predicted octanol–water partition coefficient (Wildman–Crippen LogP) is 0.962. The van der Waals surface area contributed by atoms with Gasteiger partial charge in [-0.3, -0.25) is 9.69 Å². The lowest BCUT2D eigenvalue weighted by Gasteiger charge is -2.36. The molecule has 1 fully saturated rings. The quantitative estimate of drug-likeness (QED) is 0.913. The summed E-state index contributed by atoms with van der Waals surface area (Å²) in [6, 6.07) is 5.61. The molecular weight excluding hydrogens is 290 g/mol. The van der Waals surface area contributed by atoms with Gasteiger partial charge in [0.05, 0.1) is 11.7 Å². The van der Waals surface area contributed by atoms with Crippen LogP contribution in [0.25, 0.3) is 5.65 Å². The Morgan fingerprint density at radius 1 is 1.26 bits per heavy atom. The second-order valence-electron chi connectivity index (χ2n) is 6.57. The number of pyridine rings is 1. The summed E-state index contributed by atoms with van der Waals surface area (Å²) in [7, 11) is 0. The van der Waals surface area contributed by atoms with Crippen molar-refractivity contribution in [2.45, 2.75) is 26.4 Å². The van der Waals surface area contributed by atoms with Crippen LogP contribution in [0.1, 0.15) is 19.5 Å². The number of carbonyl (C=O) groups excluding carboxylic acids is 1. The Bertz CT molecular complexity index is 639. The number of aromatic nitrogens is 2. The van der Waals surface area contributed by atoms with Crippen LogP contribution in [0.5, 0.6) is 0 Å². The van der Waals surface area contributed by atoms with Gasteiger partial charge in [0, 0.05) is 45.1 Å². The van der Waals surface area contributed by atoms with Crippen LogP contribution < -0.4 is 5.73 Å². The third-order valence-electron chi connectivity index (χ3n) is 4.49. The Balaban J connectivity index is 1.56. The molecule has 0 unspecified atom stereocenters. The highest BCUT2D eigenvalue weighted by Crippen LogP contribution is 2.11. The fraction of sp³-hybridized carbons (Fsp3) is 0.529. The van der Waals surface area contributed by atoms with Crippen LogP contribution in [0.2, 0.25) is 0 Å². The molecule has 124 valence electrons. The van der Waals surface area contributed by atoms with E-state index >= 15 is 0 Å². The smallest absolute Gasteiger partial charge is 0.239 e. The number of piperazine rings is 1. The molecule has 1 atom stereocenters. The average Bonchev–Trinajstić information content (AvgIpc) is 2.96. The third kappa shape index (κ3) is 3.54. The van der Waals surface area contributed by atoms with Crippen LogP contribution in [-0.2, 0) is 11.3 Å². The van der Waals surface area contributed by atoms with E-state index in [1.165, 1.54) is 0 Å². The minimum absolute atomic E-state index is 0.0763. The number of hydrogen-bond donors (Lipinski definition) is 1.